The molecule has 1 rings (SSSR count). The van der Waals surface area contributed by atoms with Gasteiger partial charge in [0.25, 0.3) is 0 Å². The Hall–Kier alpha value is -2.98. The summed E-state index contributed by atoms with van der Waals surface area (Å²) in [6.45, 7) is 7.78. The first-order valence-electron chi connectivity index (χ1n) is 12.4. The molecule has 2 atom stereocenters. The molecule has 0 bridgehead atoms. The lowest BCUT2D eigenvalue weighted by molar-refractivity contribution is -0.138. The number of carbonyl (C=O) groups is 6. The number of unbranched alkanes of at least 4 members (excludes halogenated alkanes) is 2. The van der Waals surface area contributed by atoms with Gasteiger partial charge in [0.1, 0.15) is 6.04 Å². The molecule has 198 valence electrons. The maximum absolute atomic E-state index is 12.9. The molecule has 1 saturated heterocycles. The number of nitrogens with one attached hydrogen (secondary N) is 3. The van der Waals surface area contributed by atoms with Gasteiger partial charge < -0.3 is 21.7 Å². The predicted octanol–water partition coefficient (Wildman–Crippen LogP) is 0.995. The zero-order valence-electron chi connectivity index (χ0n) is 21.4. The number of Topliss-reactive ketones (excluding diaryl/α,β-unsaturated/α-hetero) is 1. The highest BCUT2D eigenvalue weighted by Gasteiger charge is 2.30. The molecule has 11 nitrogen and oxygen atoms in total. The minimum Gasteiger partial charge on any atom is -0.352 e. The van der Waals surface area contributed by atoms with E-state index in [9.17, 15) is 28.8 Å². The molecule has 6 amide bonds. The lowest BCUT2D eigenvalue weighted by atomic mass is 9.96. The molecule has 1 fully saturated rings. The molecule has 1 aliphatic rings. The Morgan fingerprint density at radius 3 is 2.09 bits per heavy atom. The molecular formula is C24H41N5O6. The number of hydrogen-bond acceptors (Lipinski definition) is 6. The lowest BCUT2D eigenvalue weighted by Gasteiger charge is -2.26. The number of likely N-dealkylation sites (tertiary alicyclic amines) is 1. The van der Waals surface area contributed by atoms with Gasteiger partial charge in [-0.05, 0) is 31.6 Å². The van der Waals surface area contributed by atoms with E-state index in [4.69, 9.17) is 5.73 Å². The van der Waals surface area contributed by atoms with Crippen LogP contribution in [0.4, 0.5) is 4.79 Å². The van der Waals surface area contributed by atoms with Crippen molar-refractivity contribution in [3.63, 3.8) is 0 Å². The number of nitrogens with two attached hydrogens (primary N) is 1. The number of nitrogens with zero attached hydrogens (tertiary/aromatic N) is 1. The summed E-state index contributed by atoms with van der Waals surface area (Å²) in [5.74, 6) is -1.60. The normalized spacial score (nSPS) is 15.3. The topological polar surface area (TPSA) is 168 Å². The van der Waals surface area contributed by atoms with Crippen LogP contribution in [0.15, 0.2) is 0 Å². The van der Waals surface area contributed by atoms with Crippen LogP contribution in [-0.2, 0) is 24.0 Å². The molecule has 0 aliphatic carbocycles. The summed E-state index contributed by atoms with van der Waals surface area (Å²) in [6, 6.07) is -2.18. The molecule has 2 unspecified atom stereocenters. The van der Waals surface area contributed by atoms with E-state index in [0.29, 0.717) is 38.6 Å². The number of primary amides is 1. The number of hydrogen-bond donors (Lipinski definition) is 4. The van der Waals surface area contributed by atoms with E-state index in [0.717, 1.165) is 0 Å². The van der Waals surface area contributed by atoms with Crippen LogP contribution < -0.4 is 21.7 Å². The summed E-state index contributed by atoms with van der Waals surface area (Å²) in [7, 11) is 0. The Morgan fingerprint density at radius 1 is 0.914 bits per heavy atom. The van der Waals surface area contributed by atoms with Crippen LogP contribution in [0.25, 0.3) is 0 Å². The average Bonchev–Trinajstić information content (AvgIpc) is 3.10. The number of urea groups is 1. The van der Waals surface area contributed by atoms with Gasteiger partial charge in [0.15, 0.2) is 5.78 Å². The van der Waals surface area contributed by atoms with Gasteiger partial charge in [-0.3, -0.25) is 28.9 Å². The summed E-state index contributed by atoms with van der Waals surface area (Å²) in [5.41, 5.74) is 5.05. The first kappa shape index (κ1) is 30.1. The quantitative estimate of drug-likeness (QED) is 0.184. The van der Waals surface area contributed by atoms with Gasteiger partial charge in [0, 0.05) is 38.3 Å². The number of amides is 6. The highest BCUT2D eigenvalue weighted by atomic mass is 16.2. The Kier molecular flexibility index (Phi) is 13.0. The Morgan fingerprint density at radius 2 is 1.54 bits per heavy atom. The number of carbonyl (C=O) groups excluding carboxylic acids is 6. The van der Waals surface area contributed by atoms with Crippen molar-refractivity contribution in [3.05, 3.63) is 0 Å². The van der Waals surface area contributed by atoms with Gasteiger partial charge in [-0.2, -0.15) is 0 Å². The molecule has 11 heteroatoms. The summed E-state index contributed by atoms with van der Waals surface area (Å²) in [5, 5.41) is 8.00. The SMILES string of the molecule is CC(C)C(=O)C(CCCNC(N)=O)NC(=O)C(NC(=O)CCCCCN1C(=O)CCC1=O)C(C)C. The van der Waals surface area contributed by atoms with Crippen LogP contribution >= 0.6 is 0 Å². The third kappa shape index (κ3) is 10.9. The van der Waals surface area contributed by atoms with E-state index in [1.54, 1.807) is 13.8 Å². The highest BCUT2D eigenvalue weighted by Crippen LogP contribution is 2.14. The fraction of sp³-hybridized carbons (Fsp3) is 0.750. The predicted molar refractivity (Wildman–Crippen MR) is 130 cm³/mol. The van der Waals surface area contributed by atoms with Crippen LogP contribution in [0.2, 0.25) is 0 Å². The third-order valence-electron chi connectivity index (χ3n) is 5.90. The molecule has 5 N–H and O–H groups in total. The highest BCUT2D eigenvalue weighted by molar-refractivity contribution is 6.01. The van der Waals surface area contributed by atoms with Crippen LogP contribution in [0, 0.1) is 11.8 Å². The molecule has 0 aromatic carbocycles. The molecule has 0 radical (unpaired) electrons. The third-order valence-corrected chi connectivity index (χ3v) is 5.90. The van der Waals surface area contributed by atoms with E-state index in [2.05, 4.69) is 16.0 Å². The Bertz CT molecular complexity index is 766. The summed E-state index contributed by atoms with van der Waals surface area (Å²) in [6.07, 6.45) is 3.42. The van der Waals surface area contributed by atoms with E-state index < -0.39 is 24.0 Å². The minimum absolute atomic E-state index is 0.124. The van der Waals surface area contributed by atoms with Crippen molar-refractivity contribution >= 4 is 35.4 Å². The maximum atomic E-state index is 12.9. The molecule has 0 aromatic rings. The average molecular weight is 496 g/mol. The van der Waals surface area contributed by atoms with Crippen molar-refractivity contribution in [1.82, 2.24) is 20.9 Å². The maximum Gasteiger partial charge on any atom is 0.312 e. The Balaban J connectivity index is 2.53. The molecule has 1 aliphatic heterocycles. The first-order chi connectivity index (χ1) is 16.4. The second-order valence-corrected chi connectivity index (χ2v) is 9.59. The molecule has 1 heterocycles. The van der Waals surface area contributed by atoms with Gasteiger partial charge in [-0.25, -0.2) is 4.79 Å². The fourth-order valence-electron chi connectivity index (χ4n) is 3.85. The number of imide groups is 1. The molecule has 35 heavy (non-hydrogen) atoms. The van der Waals surface area contributed by atoms with Crippen molar-refractivity contribution in [2.75, 3.05) is 13.1 Å². The van der Waals surface area contributed by atoms with Crippen LogP contribution in [0.1, 0.15) is 79.1 Å². The monoisotopic (exact) mass is 495 g/mol. The summed E-state index contributed by atoms with van der Waals surface area (Å²) < 4.78 is 0. The molecule has 0 aromatic heterocycles. The molecular weight excluding hydrogens is 454 g/mol. The van der Waals surface area contributed by atoms with Crippen molar-refractivity contribution in [1.29, 1.82) is 0 Å². The van der Waals surface area contributed by atoms with Crippen molar-refractivity contribution in [3.8, 4) is 0 Å². The second-order valence-electron chi connectivity index (χ2n) is 9.59. The van der Waals surface area contributed by atoms with Gasteiger partial charge in [-0.1, -0.05) is 34.1 Å². The lowest BCUT2D eigenvalue weighted by Crippen LogP contribution is -2.54. The van der Waals surface area contributed by atoms with Crippen molar-refractivity contribution in [2.45, 2.75) is 91.1 Å². The second kappa shape index (κ2) is 15.1. The van der Waals surface area contributed by atoms with Crippen LogP contribution in [0.5, 0.6) is 0 Å². The molecule has 0 saturated carbocycles. The summed E-state index contributed by atoms with van der Waals surface area (Å²) >= 11 is 0. The fourth-order valence-corrected chi connectivity index (χ4v) is 3.85. The van der Waals surface area contributed by atoms with E-state index in [1.807, 2.05) is 13.8 Å². The minimum atomic E-state index is -0.798. The van der Waals surface area contributed by atoms with E-state index >= 15 is 0 Å². The number of ketones is 1. The Labute approximate surface area is 207 Å². The molecule has 0 spiro atoms. The van der Waals surface area contributed by atoms with Gasteiger partial charge >= 0.3 is 6.03 Å². The van der Waals surface area contributed by atoms with E-state index in [-0.39, 0.29) is 61.1 Å². The number of rotatable bonds is 16. The first-order valence-corrected chi connectivity index (χ1v) is 12.4. The largest absolute Gasteiger partial charge is 0.352 e. The van der Waals surface area contributed by atoms with Crippen molar-refractivity contribution in [2.24, 2.45) is 17.6 Å². The zero-order valence-corrected chi connectivity index (χ0v) is 21.4. The summed E-state index contributed by atoms with van der Waals surface area (Å²) in [4.78, 5) is 73.4. The van der Waals surface area contributed by atoms with Crippen molar-refractivity contribution < 1.29 is 28.8 Å². The smallest absolute Gasteiger partial charge is 0.312 e. The van der Waals surface area contributed by atoms with Crippen LogP contribution in [-0.4, -0.2) is 65.5 Å². The zero-order chi connectivity index (χ0) is 26.5. The van der Waals surface area contributed by atoms with Gasteiger partial charge in [0.2, 0.25) is 23.6 Å². The van der Waals surface area contributed by atoms with E-state index in [1.165, 1.54) is 4.90 Å². The van der Waals surface area contributed by atoms with Crippen LogP contribution in [0.3, 0.4) is 0 Å². The van der Waals surface area contributed by atoms with Gasteiger partial charge in [-0.15, -0.1) is 0 Å². The standard InChI is InChI=1S/C24H41N5O6/c1-15(2)21(23(34)27-17(22(33)16(3)4)9-8-13-26-24(25)35)28-18(30)10-6-5-7-14-29-19(31)11-12-20(29)32/h15-17,21H,5-14H2,1-4H3,(H,27,34)(H,28,30)(H3,25,26,35). The van der Waals surface area contributed by atoms with Gasteiger partial charge in [0.05, 0.1) is 6.04 Å².